The molecule has 0 bridgehead atoms. The van der Waals surface area contributed by atoms with Crippen LogP contribution in [0, 0.1) is 5.92 Å². The van der Waals surface area contributed by atoms with Crippen LogP contribution in [0.3, 0.4) is 0 Å². The van der Waals surface area contributed by atoms with Crippen molar-refractivity contribution in [3.05, 3.63) is 28.5 Å². The summed E-state index contributed by atoms with van der Waals surface area (Å²) >= 11 is 3.41. The van der Waals surface area contributed by atoms with E-state index >= 15 is 0 Å². The Morgan fingerprint density at radius 2 is 2.14 bits per heavy atom. The van der Waals surface area contributed by atoms with Gasteiger partial charge in [0.2, 0.25) is 0 Å². The standard InChI is InChI=1S/C11H17BrN2/c1-8(2)5-6-10(13)9-4-3-7-14-11(9)12/h3-4,7-8,10H,5-6,13H2,1-2H3/t10-/m0/s1. The predicted molar refractivity (Wildman–Crippen MR) is 62.9 cm³/mol. The molecule has 0 radical (unpaired) electrons. The molecular formula is C11H17BrN2. The topological polar surface area (TPSA) is 38.9 Å². The molecule has 1 rings (SSSR count). The summed E-state index contributed by atoms with van der Waals surface area (Å²) in [5.41, 5.74) is 7.18. The third kappa shape index (κ3) is 3.39. The van der Waals surface area contributed by atoms with Crippen LogP contribution in [0.2, 0.25) is 0 Å². The van der Waals surface area contributed by atoms with Crippen molar-refractivity contribution in [1.82, 2.24) is 4.98 Å². The van der Waals surface area contributed by atoms with Crippen LogP contribution >= 0.6 is 15.9 Å². The Labute approximate surface area is 94.0 Å². The molecule has 0 aliphatic carbocycles. The Bertz CT molecular complexity index is 286. The van der Waals surface area contributed by atoms with Crippen LogP contribution < -0.4 is 5.73 Å². The molecule has 3 heteroatoms. The third-order valence-corrected chi connectivity index (χ3v) is 2.91. The molecule has 0 saturated heterocycles. The average Bonchev–Trinajstić information content (AvgIpc) is 2.15. The van der Waals surface area contributed by atoms with Crippen molar-refractivity contribution in [2.45, 2.75) is 32.7 Å². The van der Waals surface area contributed by atoms with Gasteiger partial charge in [0.05, 0.1) is 0 Å². The van der Waals surface area contributed by atoms with Crippen LogP contribution in [0.1, 0.15) is 38.3 Å². The second kappa shape index (κ2) is 5.47. The van der Waals surface area contributed by atoms with Gasteiger partial charge in [0.15, 0.2) is 0 Å². The number of pyridine rings is 1. The van der Waals surface area contributed by atoms with Crippen molar-refractivity contribution in [3.63, 3.8) is 0 Å². The van der Waals surface area contributed by atoms with Gasteiger partial charge >= 0.3 is 0 Å². The van der Waals surface area contributed by atoms with Gasteiger partial charge in [-0.15, -0.1) is 0 Å². The van der Waals surface area contributed by atoms with Crippen LogP contribution in [-0.4, -0.2) is 4.98 Å². The summed E-state index contributed by atoms with van der Waals surface area (Å²) in [5.74, 6) is 0.705. The van der Waals surface area contributed by atoms with Gasteiger partial charge in [-0.05, 0) is 40.8 Å². The molecule has 2 N–H and O–H groups in total. The normalized spacial score (nSPS) is 13.2. The smallest absolute Gasteiger partial charge is 0.110 e. The van der Waals surface area contributed by atoms with E-state index in [2.05, 4.69) is 34.8 Å². The predicted octanol–water partition coefficient (Wildman–Crippen LogP) is 3.28. The van der Waals surface area contributed by atoms with Crippen molar-refractivity contribution < 1.29 is 0 Å². The minimum Gasteiger partial charge on any atom is -0.324 e. The minimum atomic E-state index is 0.0977. The highest BCUT2D eigenvalue weighted by Gasteiger charge is 2.10. The van der Waals surface area contributed by atoms with E-state index in [4.69, 9.17) is 5.73 Å². The lowest BCUT2D eigenvalue weighted by Gasteiger charge is -2.14. The van der Waals surface area contributed by atoms with E-state index < -0.39 is 0 Å². The monoisotopic (exact) mass is 256 g/mol. The molecule has 0 unspecified atom stereocenters. The second-order valence-corrected chi connectivity index (χ2v) is 4.71. The van der Waals surface area contributed by atoms with E-state index in [9.17, 15) is 0 Å². The summed E-state index contributed by atoms with van der Waals surface area (Å²) in [6.45, 7) is 4.43. The summed E-state index contributed by atoms with van der Waals surface area (Å²) in [6, 6.07) is 4.05. The highest BCUT2D eigenvalue weighted by Crippen LogP contribution is 2.23. The molecule has 1 aromatic rings. The molecule has 0 saturated carbocycles. The third-order valence-electron chi connectivity index (χ3n) is 2.24. The zero-order valence-electron chi connectivity index (χ0n) is 8.70. The molecule has 0 aliphatic heterocycles. The summed E-state index contributed by atoms with van der Waals surface area (Å²) in [4.78, 5) is 4.16. The highest BCUT2D eigenvalue weighted by atomic mass is 79.9. The van der Waals surface area contributed by atoms with E-state index in [1.165, 1.54) is 0 Å². The molecule has 0 fully saturated rings. The van der Waals surface area contributed by atoms with Gasteiger partial charge in [0.25, 0.3) is 0 Å². The number of nitrogens with two attached hydrogens (primary N) is 1. The van der Waals surface area contributed by atoms with Crippen molar-refractivity contribution in [2.75, 3.05) is 0 Å². The minimum absolute atomic E-state index is 0.0977. The quantitative estimate of drug-likeness (QED) is 0.840. The molecule has 0 amide bonds. The second-order valence-electron chi connectivity index (χ2n) is 3.96. The SMILES string of the molecule is CC(C)CC[C@H](N)c1cccnc1Br. The fraction of sp³-hybridized carbons (Fsp3) is 0.545. The molecule has 14 heavy (non-hydrogen) atoms. The van der Waals surface area contributed by atoms with Gasteiger partial charge in [0, 0.05) is 17.8 Å². The summed E-state index contributed by atoms with van der Waals surface area (Å²) in [5, 5.41) is 0. The van der Waals surface area contributed by atoms with E-state index in [-0.39, 0.29) is 6.04 Å². The van der Waals surface area contributed by atoms with Crippen LogP contribution in [0.15, 0.2) is 22.9 Å². The summed E-state index contributed by atoms with van der Waals surface area (Å²) in [6.07, 6.45) is 3.94. The van der Waals surface area contributed by atoms with Crippen LogP contribution in [0.4, 0.5) is 0 Å². The number of hydrogen-bond donors (Lipinski definition) is 1. The Kier molecular flexibility index (Phi) is 4.55. The van der Waals surface area contributed by atoms with Gasteiger partial charge in [-0.25, -0.2) is 4.98 Å². The Hall–Kier alpha value is -0.410. The maximum atomic E-state index is 6.07. The highest BCUT2D eigenvalue weighted by molar-refractivity contribution is 9.10. The van der Waals surface area contributed by atoms with E-state index in [0.29, 0.717) is 5.92 Å². The number of rotatable bonds is 4. The van der Waals surface area contributed by atoms with Crippen LogP contribution in [-0.2, 0) is 0 Å². The molecule has 1 atom stereocenters. The zero-order valence-corrected chi connectivity index (χ0v) is 10.3. The lowest BCUT2D eigenvalue weighted by Crippen LogP contribution is -2.12. The molecule has 0 spiro atoms. The Morgan fingerprint density at radius 1 is 1.43 bits per heavy atom. The summed E-state index contributed by atoms with van der Waals surface area (Å²) < 4.78 is 0.872. The van der Waals surface area contributed by atoms with E-state index in [1.807, 2.05) is 12.1 Å². The van der Waals surface area contributed by atoms with Gasteiger partial charge in [0.1, 0.15) is 4.60 Å². The first-order valence-electron chi connectivity index (χ1n) is 4.97. The number of aromatic nitrogens is 1. The first kappa shape index (κ1) is 11.7. The fourth-order valence-electron chi connectivity index (χ4n) is 1.34. The van der Waals surface area contributed by atoms with Gasteiger partial charge in [-0.2, -0.15) is 0 Å². The average molecular weight is 257 g/mol. The van der Waals surface area contributed by atoms with Gasteiger partial charge in [-0.3, -0.25) is 0 Å². The zero-order chi connectivity index (χ0) is 10.6. The molecular weight excluding hydrogens is 240 g/mol. The van der Waals surface area contributed by atoms with Crippen molar-refractivity contribution in [2.24, 2.45) is 11.7 Å². The number of halogens is 1. The van der Waals surface area contributed by atoms with E-state index in [0.717, 1.165) is 23.0 Å². The molecule has 1 aromatic heterocycles. The van der Waals surface area contributed by atoms with Crippen LogP contribution in [0.25, 0.3) is 0 Å². The Morgan fingerprint density at radius 3 is 2.71 bits per heavy atom. The maximum Gasteiger partial charge on any atom is 0.110 e. The van der Waals surface area contributed by atoms with E-state index in [1.54, 1.807) is 6.20 Å². The van der Waals surface area contributed by atoms with Gasteiger partial charge in [-0.1, -0.05) is 19.9 Å². The first-order valence-corrected chi connectivity index (χ1v) is 5.76. The lowest BCUT2D eigenvalue weighted by atomic mass is 10.00. The first-order chi connectivity index (χ1) is 6.61. The Balaban J connectivity index is 2.60. The lowest BCUT2D eigenvalue weighted by molar-refractivity contribution is 0.505. The van der Waals surface area contributed by atoms with Crippen molar-refractivity contribution >= 4 is 15.9 Å². The summed E-state index contributed by atoms with van der Waals surface area (Å²) in [7, 11) is 0. The van der Waals surface area contributed by atoms with Crippen molar-refractivity contribution in [3.8, 4) is 0 Å². The number of hydrogen-bond acceptors (Lipinski definition) is 2. The van der Waals surface area contributed by atoms with Crippen molar-refractivity contribution in [1.29, 1.82) is 0 Å². The van der Waals surface area contributed by atoms with Gasteiger partial charge < -0.3 is 5.73 Å². The van der Waals surface area contributed by atoms with Crippen LogP contribution in [0.5, 0.6) is 0 Å². The number of nitrogens with zero attached hydrogens (tertiary/aromatic N) is 1. The fourth-order valence-corrected chi connectivity index (χ4v) is 1.89. The molecule has 0 aromatic carbocycles. The molecule has 2 nitrogen and oxygen atoms in total. The largest absolute Gasteiger partial charge is 0.324 e. The molecule has 0 aliphatic rings. The molecule has 78 valence electrons. The molecule has 1 heterocycles. The maximum absolute atomic E-state index is 6.07.